The van der Waals surface area contributed by atoms with Gasteiger partial charge in [-0.2, -0.15) is 0 Å². The first-order valence-electron chi connectivity index (χ1n) is 9.31. The van der Waals surface area contributed by atoms with Crippen LogP contribution in [0.25, 0.3) is 11.0 Å². The molecule has 7 nitrogen and oxygen atoms in total. The number of anilines is 1. The van der Waals surface area contributed by atoms with Crippen molar-refractivity contribution in [2.75, 3.05) is 18.5 Å². The van der Waals surface area contributed by atoms with E-state index in [4.69, 9.17) is 9.47 Å². The van der Waals surface area contributed by atoms with Crippen LogP contribution in [0.15, 0.2) is 48.5 Å². The van der Waals surface area contributed by atoms with Gasteiger partial charge in [0, 0.05) is 0 Å². The lowest BCUT2D eigenvalue weighted by Gasteiger charge is -2.32. The third-order valence-corrected chi connectivity index (χ3v) is 4.78. The fourth-order valence-corrected chi connectivity index (χ4v) is 3.63. The molecule has 1 amide bonds. The Kier molecular flexibility index (Phi) is 4.73. The zero-order valence-corrected chi connectivity index (χ0v) is 15.7. The van der Waals surface area contributed by atoms with Gasteiger partial charge in [-0.3, -0.25) is 14.9 Å². The SMILES string of the molecule is CCOC(=O)[C@@H]1C(=O)Nc2nc3ccccc3n2[C@@H]1c1ccc(OCC)cc1. The normalized spacial score (nSPS) is 18.4. The van der Waals surface area contributed by atoms with Gasteiger partial charge in [0.1, 0.15) is 5.75 Å². The summed E-state index contributed by atoms with van der Waals surface area (Å²) in [5.41, 5.74) is 2.39. The average molecular weight is 379 g/mol. The number of nitrogens with zero attached hydrogens (tertiary/aromatic N) is 2. The molecule has 3 aromatic rings. The van der Waals surface area contributed by atoms with Gasteiger partial charge in [0.15, 0.2) is 5.92 Å². The highest BCUT2D eigenvalue weighted by atomic mass is 16.5. The standard InChI is InChI=1S/C21H21N3O4/c1-3-27-14-11-9-13(10-12-14)18-17(20(26)28-4-2)19(25)23-21-22-15-7-5-6-8-16(15)24(18)21/h5-12,17-18H,3-4H2,1-2H3,(H,22,23,25)/t17-,18+/m0/s1. The first kappa shape index (κ1) is 18.0. The van der Waals surface area contributed by atoms with E-state index >= 15 is 0 Å². The minimum atomic E-state index is -1.01. The maximum atomic E-state index is 12.8. The van der Waals surface area contributed by atoms with Crippen LogP contribution in [0.1, 0.15) is 25.5 Å². The Balaban J connectivity index is 1.89. The van der Waals surface area contributed by atoms with Crippen LogP contribution in [0.2, 0.25) is 0 Å². The van der Waals surface area contributed by atoms with E-state index in [1.54, 1.807) is 6.92 Å². The average Bonchev–Trinajstić information content (AvgIpc) is 3.06. The molecule has 1 aliphatic rings. The number of rotatable bonds is 5. The highest BCUT2D eigenvalue weighted by Gasteiger charge is 2.44. The summed E-state index contributed by atoms with van der Waals surface area (Å²) in [6.45, 7) is 4.41. The van der Waals surface area contributed by atoms with E-state index in [-0.39, 0.29) is 6.61 Å². The number of fused-ring (bicyclic) bond motifs is 3. The molecule has 0 aliphatic carbocycles. The summed E-state index contributed by atoms with van der Waals surface area (Å²) in [6, 6.07) is 14.5. The molecule has 0 fully saturated rings. The fourth-order valence-electron chi connectivity index (χ4n) is 3.63. The largest absolute Gasteiger partial charge is 0.494 e. The number of amides is 1. The van der Waals surface area contributed by atoms with Gasteiger partial charge in [-0.1, -0.05) is 24.3 Å². The van der Waals surface area contributed by atoms with Gasteiger partial charge in [0.05, 0.1) is 30.3 Å². The van der Waals surface area contributed by atoms with Gasteiger partial charge >= 0.3 is 5.97 Å². The molecule has 4 rings (SSSR count). The van der Waals surface area contributed by atoms with Crippen molar-refractivity contribution in [3.63, 3.8) is 0 Å². The van der Waals surface area contributed by atoms with Crippen LogP contribution in [-0.4, -0.2) is 34.6 Å². The van der Waals surface area contributed by atoms with Crippen molar-refractivity contribution in [2.45, 2.75) is 19.9 Å². The molecule has 144 valence electrons. The van der Waals surface area contributed by atoms with E-state index in [2.05, 4.69) is 10.3 Å². The second kappa shape index (κ2) is 7.34. The van der Waals surface area contributed by atoms with Gasteiger partial charge in [-0.25, -0.2) is 4.98 Å². The molecular formula is C21H21N3O4. The van der Waals surface area contributed by atoms with Crippen molar-refractivity contribution in [3.8, 4) is 5.75 Å². The highest BCUT2D eigenvalue weighted by Crippen LogP contribution is 2.39. The van der Waals surface area contributed by atoms with Gasteiger partial charge in [0.25, 0.3) is 0 Å². The van der Waals surface area contributed by atoms with E-state index < -0.39 is 23.8 Å². The molecule has 0 spiro atoms. The molecule has 0 bridgehead atoms. The highest BCUT2D eigenvalue weighted by molar-refractivity contribution is 6.07. The molecular weight excluding hydrogens is 358 g/mol. The maximum absolute atomic E-state index is 12.8. The van der Waals surface area contributed by atoms with Crippen LogP contribution in [0.4, 0.5) is 5.95 Å². The van der Waals surface area contributed by atoms with Gasteiger partial charge in [-0.05, 0) is 43.7 Å². The topological polar surface area (TPSA) is 82.5 Å². The quantitative estimate of drug-likeness (QED) is 0.544. The third-order valence-electron chi connectivity index (χ3n) is 4.78. The lowest BCUT2D eigenvalue weighted by Crippen LogP contribution is -2.43. The Bertz CT molecular complexity index is 1030. The van der Waals surface area contributed by atoms with Gasteiger partial charge < -0.3 is 14.0 Å². The van der Waals surface area contributed by atoms with E-state index in [1.165, 1.54) is 0 Å². The third kappa shape index (κ3) is 2.98. The Morgan fingerprint density at radius 2 is 1.86 bits per heavy atom. The molecule has 0 unspecified atom stereocenters. The molecule has 0 saturated heterocycles. The molecule has 2 atom stereocenters. The monoisotopic (exact) mass is 379 g/mol. The zero-order chi connectivity index (χ0) is 19.7. The first-order valence-corrected chi connectivity index (χ1v) is 9.31. The number of aromatic nitrogens is 2. The van der Waals surface area contributed by atoms with Crippen LogP contribution < -0.4 is 10.1 Å². The number of para-hydroxylation sites is 2. The number of imidazole rings is 1. The summed E-state index contributed by atoms with van der Waals surface area (Å²) in [4.78, 5) is 30.0. The van der Waals surface area contributed by atoms with Crippen LogP contribution >= 0.6 is 0 Å². The van der Waals surface area contributed by atoms with E-state index in [0.29, 0.717) is 12.6 Å². The summed E-state index contributed by atoms with van der Waals surface area (Å²) in [5.74, 6) is -0.828. The van der Waals surface area contributed by atoms with Crippen molar-refractivity contribution in [1.82, 2.24) is 9.55 Å². The zero-order valence-electron chi connectivity index (χ0n) is 15.7. The number of ether oxygens (including phenoxy) is 2. The van der Waals surface area contributed by atoms with E-state index in [0.717, 1.165) is 22.3 Å². The molecule has 7 heteroatoms. The fraction of sp³-hybridized carbons (Fsp3) is 0.286. The lowest BCUT2D eigenvalue weighted by molar-refractivity contribution is -0.152. The summed E-state index contributed by atoms with van der Waals surface area (Å²) in [6.07, 6.45) is 0. The number of hydrogen-bond acceptors (Lipinski definition) is 5. The van der Waals surface area contributed by atoms with Crippen molar-refractivity contribution in [1.29, 1.82) is 0 Å². The Morgan fingerprint density at radius 3 is 2.57 bits per heavy atom. The Hall–Kier alpha value is -3.35. The minimum absolute atomic E-state index is 0.205. The molecule has 0 radical (unpaired) electrons. The van der Waals surface area contributed by atoms with E-state index in [1.807, 2.05) is 60.0 Å². The van der Waals surface area contributed by atoms with Crippen molar-refractivity contribution in [2.24, 2.45) is 5.92 Å². The molecule has 2 aromatic carbocycles. The Labute approximate surface area is 162 Å². The molecule has 1 aromatic heterocycles. The number of esters is 1. The number of carbonyl (C=O) groups excluding carboxylic acids is 2. The lowest BCUT2D eigenvalue weighted by atomic mass is 9.90. The van der Waals surface area contributed by atoms with Gasteiger partial charge in [-0.15, -0.1) is 0 Å². The maximum Gasteiger partial charge on any atom is 0.321 e. The predicted molar refractivity (Wildman–Crippen MR) is 104 cm³/mol. The summed E-state index contributed by atoms with van der Waals surface area (Å²) < 4.78 is 12.6. The summed E-state index contributed by atoms with van der Waals surface area (Å²) in [5, 5.41) is 2.76. The smallest absolute Gasteiger partial charge is 0.321 e. The minimum Gasteiger partial charge on any atom is -0.494 e. The van der Waals surface area contributed by atoms with Crippen molar-refractivity contribution in [3.05, 3.63) is 54.1 Å². The van der Waals surface area contributed by atoms with Crippen LogP contribution in [-0.2, 0) is 14.3 Å². The molecule has 28 heavy (non-hydrogen) atoms. The van der Waals surface area contributed by atoms with Crippen LogP contribution in [0, 0.1) is 5.92 Å². The molecule has 1 N–H and O–H groups in total. The number of carbonyl (C=O) groups is 2. The van der Waals surface area contributed by atoms with E-state index in [9.17, 15) is 9.59 Å². The number of benzene rings is 2. The molecule has 1 aliphatic heterocycles. The van der Waals surface area contributed by atoms with Gasteiger partial charge in [0.2, 0.25) is 11.9 Å². The summed E-state index contributed by atoms with van der Waals surface area (Å²) in [7, 11) is 0. The second-order valence-corrected chi connectivity index (χ2v) is 6.46. The molecule has 0 saturated carbocycles. The summed E-state index contributed by atoms with van der Waals surface area (Å²) >= 11 is 0. The second-order valence-electron chi connectivity index (χ2n) is 6.46. The number of nitrogens with one attached hydrogen (secondary N) is 1. The van der Waals surface area contributed by atoms with Crippen molar-refractivity contribution < 1.29 is 19.1 Å². The predicted octanol–water partition coefficient (Wildman–Crippen LogP) is 3.16. The van der Waals surface area contributed by atoms with Crippen LogP contribution in [0.3, 0.4) is 0 Å². The number of hydrogen-bond donors (Lipinski definition) is 1. The van der Waals surface area contributed by atoms with Crippen LogP contribution in [0.5, 0.6) is 5.75 Å². The molecule has 2 heterocycles. The van der Waals surface area contributed by atoms with Crippen molar-refractivity contribution >= 4 is 28.9 Å². The Morgan fingerprint density at radius 1 is 1.11 bits per heavy atom. The first-order chi connectivity index (χ1) is 13.6.